The Bertz CT molecular complexity index is 593. The number of nitrogens with two attached hydrogens (primary N) is 1. The van der Waals surface area contributed by atoms with E-state index in [0.29, 0.717) is 13.1 Å². The Hall–Kier alpha value is -2.14. The highest BCUT2D eigenvalue weighted by Gasteiger charge is 2.04. The van der Waals surface area contributed by atoms with E-state index in [1.165, 1.54) is 10.7 Å². The average molecular weight is 245 g/mol. The van der Waals surface area contributed by atoms with Gasteiger partial charge in [-0.3, -0.25) is 4.79 Å². The number of nitrogens with zero attached hydrogens (tertiary/aromatic N) is 2. The highest BCUT2D eigenvalue weighted by atomic mass is 16.5. The zero-order valence-electron chi connectivity index (χ0n) is 10.2. The van der Waals surface area contributed by atoms with Gasteiger partial charge < -0.3 is 10.5 Å². The molecule has 5 heteroatoms. The van der Waals surface area contributed by atoms with E-state index in [9.17, 15) is 4.79 Å². The average Bonchev–Trinajstić information content (AvgIpc) is 2.41. The molecule has 1 aromatic heterocycles. The molecule has 0 amide bonds. The van der Waals surface area contributed by atoms with Gasteiger partial charge in [-0.15, -0.1) is 0 Å². The van der Waals surface area contributed by atoms with Gasteiger partial charge in [0, 0.05) is 18.2 Å². The fraction of sp³-hybridized carbons (Fsp3) is 0.231. The molecule has 18 heavy (non-hydrogen) atoms. The first-order chi connectivity index (χ1) is 8.74. The maximum absolute atomic E-state index is 11.5. The largest absolute Gasteiger partial charge is 0.497 e. The third-order valence-electron chi connectivity index (χ3n) is 2.57. The van der Waals surface area contributed by atoms with Gasteiger partial charge in [0.1, 0.15) is 5.75 Å². The van der Waals surface area contributed by atoms with Crippen molar-refractivity contribution in [3.05, 3.63) is 46.8 Å². The zero-order chi connectivity index (χ0) is 13.0. The minimum atomic E-state index is -0.146. The Morgan fingerprint density at radius 2 is 2.17 bits per heavy atom. The number of hydrogen-bond acceptors (Lipinski definition) is 4. The minimum absolute atomic E-state index is 0.146. The Morgan fingerprint density at radius 1 is 1.33 bits per heavy atom. The molecule has 0 aliphatic carbocycles. The van der Waals surface area contributed by atoms with Gasteiger partial charge in [-0.05, 0) is 18.2 Å². The second-order valence-electron chi connectivity index (χ2n) is 3.80. The number of ether oxygens (including phenoxy) is 1. The first kappa shape index (κ1) is 12.3. The molecule has 0 bridgehead atoms. The summed E-state index contributed by atoms with van der Waals surface area (Å²) in [4.78, 5) is 11.5. The van der Waals surface area contributed by atoms with Crippen LogP contribution < -0.4 is 16.0 Å². The fourth-order valence-corrected chi connectivity index (χ4v) is 1.67. The van der Waals surface area contributed by atoms with E-state index >= 15 is 0 Å². The smallest absolute Gasteiger partial charge is 0.266 e. The molecule has 94 valence electrons. The van der Waals surface area contributed by atoms with E-state index in [0.717, 1.165) is 17.0 Å². The normalized spacial score (nSPS) is 10.3. The van der Waals surface area contributed by atoms with Crippen LogP contribution in [0.2, 0.25) is 0 Å². The molecule has 2 N–H and O–H groups in total. The van der Waals surface area contributed by atoms with E-state index in [2.05, 4.69) is 5.10 Å². The Kier molecular flexibility index (Phi) is 3.74. The van der Waals surface area contributed by atoms with Crippen molar-refractivity contribution in [2.45, 2.75) is 6.54 Å². The molecular formula is C13H15N3O2. The predicted molar refractivity (Wildman–Crippen MR) is 69.5 cm³/mol. The summed E-state index contributed by atoms with van der Waals surface area (Å²) in [5, 5.41) is 4.28. The molecule has 0 atom stereocenters. The lowest BCUT2D eigenvalue weighted by Gasteiger charge is -2.07. The van der Waals surface area contributed by atoms with Crippen LogP contribution >= 0.6 is 0 Å². The number of rotatable bonds is 4. The van der Waals surface area contributed by atoms with Crippen LogP contribution in [-0.4, -0.2) is 23.4 Å². The first-order valence-electron chi connectivity index (χ1n) is 5.67. The lowest BCUT2D eigenvalue weighted by Crippen LogP contribution is -2.25. The van der Waals surface area contributed by atoms with Crippen LogP contribution in [0.5, 0.6) is 5.75 Å². The number of methoxy groups -OCH3 is 1. The van der Waals surface area contributed by atoms with E-state index in [4.69, 9.17) is 10.5 Å². The SMILES string of the molecule is COc1cccc(-c2ccc(=O)n(CCN)n2)c1. The van der Waals surface area contributed by atoms with Gasteiger partial charge in [0.2, 0.25) is 0 Å². The molecular weight excluding hydrogens is 230 g/mol. The van der Waals surface area contributed by atoms with E-state index < -0.39 is 0 Å². The van der Waals surface area contributed by atoms with Crippen LogP contribution in [0.4, 0.5) is 0 Å². The summed E-state index contributed by atoms with van der Waals surface area (Å²) in [6.45, 7) is 0.797. The Labute approximate surface area is 105 Å². The van der Waals surface area contributed by atoms with Crippen LogP contribution in [-0.2, 0) is 6.54 Å². The van der Waals surface area contributed by atoms with Gasteiger partial charge in [0.05, 0.1) is 19.3 Å². The summed E-state index contributed by atoms with van der Waals surface area (Å²) in [6, 6.07) is 10.7. The predicted octanol–water partition coefficient (Wildman–Crippen LogP) is 0.878. The van der Waals surface area contributed by atoms with E-state index in [1.54, 1.807) is 13.2 Å². The topological polar surface area (TPSA) is 70.1 Å². The summed E-state index contributed by atoms with van der Waals surface area (Å²) in [6.07, 6.45) is 0. The third-order valence-corrected chi connectivity index (χ3v) is 2.57. The lowest BCUT2D eigenvalue weighted by atomic mass is 10.1. The minimum Gasteiger partial charge on any atom is -0.497 e. The molecule has 0 saturated heterocycles. The van der Waals surface area contributed by atoms with Crippen molar-refractivity contribution < 1.29 is 4.74 Å². The van der Waals surface area contributed by atoms with Gasteiger partial charge in [0.15, 0.2) is 0 Å². The molecule has 0 spiro atoms. The molecule has 0 saturated carbocycles. The van der Waals surface area contributed by atoms with E-state index in [-0.39, 0.29) is 5.56 Å². The highest BCUT2D eigenvalue weighted by Crippen LogP contribution is 2.20. The summed E-state index contributed by atoms with van der Waals surface area (Å²) in [5.41, 5.74) is 6.92. The van der Waals surface area contributed by atoms with E-state index in [1.807, 2.05) is 24.3 Å². The number of benzene rings is 1. The molecule has 0 aliphatic rings. The van der Waals surface area contributed by atoms with Crippen LogP contribution in [0.25, 0.3) is 11.3 Å². The van der Waals surface area contributed by atoms with Crippen molar-refractivity contribution in [1.82, 2.24) is 9.78 Å². The zero-order valence-corrected chi connectivity index (χ0v) is 10.2. The van der Waals surface area contributed by atoms with Crippen LogP contribution in [0, 0.1) is 0 Å². The molecule has 0 fully saturated rings. The maximum Gasteiger partial charge on any atom is 0.266 e. The van der Waals surface area contributed by atoms with Crippen LogP contribution in [0.1, 0.15) is 0 Å². The molecule has 1 aromatic carbocycles. The van der Waals surface area contributed by atoms with Gasteiger partial charge in [0.25, 0.3) is 5.56 Å². The van der Waals surface area contributed by atoms with Crippen molar-refractivity contribution in [3.8, 4) is 17.0 Å². The quantitative estimate of drug-likeness (QED) is 0.868. The fourth-order valence-electron chi connectivity index (χ4n) is 1.67. The number of hydrogen-bond donors (Lipinski definition) is 1. The Balaban J connectivity index is 2.43. The van der Waals surface area contributed by atoms with Gasteiger partial charge in [-0.1, -0.05) is 12.1 Å². The molecule has 2 aromatic rings. The summed E-state index contributed by atoms with van der Waals surface area (Å²) in [7, 11) is 1.61. The van der Waals surface area contributed by atoms with Crippen LogP contribution in [0.15, 0.2) is 41.2 Å². The van der Waals surface area contributed by atoms with Crippen molar-refractivity contribution in [2.75, 3.05) is 13.7 Å². The second kappa shape index (κ2) is 5.46. The van der Waals surface area contributed by atoms with Crippen molar-refractivity contribution >= 4 is 0 Å². The maximum atomic E-state index is 11.5. The highest BCUT2D eigenvalue weighted by molar-refractivity contribution is 5.60. The molecule has 0 unspecified atom stereocenters. The molecule has 1 heterocycles. The summed E-state index contributed by atoms with van der Waals surface area (Å²) < 4.78 is 6.53. The summed E-state index contributed by atoms with van der Waals surface area (Å²) in [5.74, 6) is 0.755. The molecule has 2 rings (SSSR count). The molecule has 0 aliphatic heterocycles. The molecule has 5 nitrogen and oxygen atoms in total. The second-order valence-corrected chi connectivity index (χ2v) is 3.80. The van der Waals surface area contributed by atoms with Crippen molar-refractivity contribution in [3.63, 3.8) is 0 Å². The van der Waals surface area contributed by atoms with Gasteiger partial charge in [-0.2, -0.15) is 5.10 Å². The van der Waals surface area contributed by atoms with Gasteiger partial charge in [-0.25, -0.2) is 4.68 Å². The van der Waals surface area contributed by atoms with Crippen molar-refractivity contribution in [1.29, 1.82) is 0 Å². The van der Waals surface area contributed by atoms with Crippen molar-refractivity contribution in [2.24, 2.45) is 5.73 Å². The lowest BCUT2D eigenvalue weighted by molar-refractivity contribution is 0.415. The van der Waals surface area contributed by atoms with Gasteiger partial charge >= 0.3 is 0 Å². The summed E-state index contributed by atoms with van der Waals surface area (Å²) >= 11 is 0. The first-order valence-corrected chi connectivity index (χ1v) is 5.67. The third kappa shape index (κ3) is 2.57. The number of aromatic nitrogens is 2. The Morgan fingerprint density at radius 3 is 2.89 bits per heavy atom. The monoisotopic (exact) mass is 245 g/mol. The van der Waals surface area contributed by atoms with Crippen LogP contribution in [0.3, 0.4) is 0 Å². The standard InChI is InChI=1S/C13H15N3O2/c1-18-11-4-2-3-10(9-11)12-5-6-13(17)16(15-12)8-7-14/h2-6,9H,7-8,14H2,1H3. The molecule has 0 radical (unpaired) electrons.